The summed E-state index contributed by atoms with van der Waals surface area (Å²) in [4.78, 5) is 2.38. The van der Waals surface area contributed by atoms with E-state index >= 15 is 0 Å². The monoisotopic (exact) mass is 125 g/mol. The maximum Gasteiger partial charge on any atom is 0 e. The lowest BCUT2D eigenvalue weighted by atomic mass is 10.5. The van der Waals surface area contributed by atoms with Crippen molar-refractivity contribution >= 4 is 23.1 Å². The molecule has 46 valence electrons. The molecule has 0 unspecified atom stereocenters. The van der Waals surface area contributed by atoms with Gasteiger partial charge in [0.1, 0.15) is 0 Å². The summed E-state index contributed by atoms with van der Waals surface area (Å²) in [7, 11) is 0. The fourth-order valence-corrected chi connectivity index (χ4v) is 0.671. The fourth-order valence-electron chi connectivity index (χ4n) is 0.671. The molecule has 0 aliphatic carbocycles. The van der Waals surface area contributed by atoms with E-state index in [0.717, 1.165) is 0 Å². The van der Waals surface area contributed by atoms with Gasteiger partial charge in [-0.25, -0.2) is 0 Å². The summed E-state index contributed by atoms with van der Waals surface area (Å²) in [6.45, 7) is 10.1. The summed E-state index contributed by atoms with van der Waals surface area (Å²) in [6.07, 6.45) is 0. The molecule has 0 aromatic heterocycles. The van der Waals surface area contributed by atoms with Gasteiger partial charge in [0.15, 0.2) is 0 Å². The van der Waals surface area contributed by atoms with Gasteiger partial charge in [0.2, 0.25) is 0 Å². The Kier molecular flexibility index (Phi) is 11.1. The van der Waals surface area contributed by atoms with Gasteiger partial charge in [0, 0.05) is 23.1 Å². The Bertz CT molecular complexity index is 30.0. The maximum atomic E-state index is 2.38. The molecule has 0 bridgehead atoms. The molecule has 0 aliphatic rings. The first kappa shape index (κ1) is 11.5. The predicted octanol–water partition coefficient (Wildman–Crippen LogP) is 0.967. The highest BCUT2D eigenvalue weighted by molar-refractivity contribution is 5.75. The summed E-state index contributed by atoms with van der Waals surface area (Å²) < 4.78 is 0. The van der Waals surface area contributed by atoms with Crippen molar-refractivity contribution in [3.8, 4) is 0 Å². The van der Waals surface area contributed by atoms with E-state index < -0.39 is 0 Å². The van der Waals surface area contributed by atoms with Crippen molar-refractivity contribution in [3.05, 3.63) is 0 Å². The Morgan fingerprint density at radius 1 is 0.875 bits per heavy atom. The zero-order valence-corrected chi connectivity index (χ0v) is 7.69. The van der Waals surface area contributed by atoms with Crippen LogP contribution in [0.25, 0.3) is 0 Å². The second kappa shape index (κ2) is 7.73. The third-order valence-electron chi connectivity index (χ3n) is 1.34. The van der Waals surface area contributed by atoms with Crippen molar-refractivity contribution in [1.29, 1.82) is 0 Å². The molecule has 0 amide bonds. The van der Waals surface area contributed by atoms with Gasteiger partial charge < -0.3 is 4.90 Å². The van der Waals surface area contributed by atoms with Crippen molar-refractivity contribution in [2.45, 2.75) is 20.8 Å². The minimum absolute atomic E-state index is 0. The lowest BCUT2D eigenvalue weighted by Crippen LogP contribution is -2.21. The number of hydrogen-bond acceptors (Lipinski definition) is 1. The van der Waals surface area contributed by atoms with Crippen LogP contribution in [-0.4, -0.2) is 47.6 Å². The molecule has 0 N–H and O–H groups in total. The van der Waals surface area contributed by atoms with Gasteiger partial charge >= 0.3 is 0 Å². The first-order chi connectivity index (χ1) is 3.35. The lowest BCUT2D eigenvalue weighted by Gasteiger charge is -2.13. The first-order valence-electron chi connectivity index (χ1n) is 3.07. The first-order valence-corrected chi connectivity index (χ1v) is 3.07. The van der Waals surface area contributed by atoms with E-state index in [1.807, 2.05) is 0 Å². The SMILES string of the molecule is CCN(CC)CC.[Mg]. The predicted molar refractivity (Wildman–Crippen MR) is 39.2 cm³/mol. The smallest absolute Gasteiger partial charge is 0 e. The molecule has 2 heteroatoms. The van der Waals surface area contributed by atoms with Gasteiger partial charge in [-0.3, -0.25) is 0 Å². The summed E-state index contributed by atoms with van der Waals surface area (Å²) in [5.41, 5.74) is 0. The van der Waals surface area contributed by atoms with Crippen molar-refractivity contribution in [2.75, 3.05) is 19.6 Å². The zero-order chi connectivity index (χ0) is 5.70. The highest BCUT2D eigenvalue weighted by Gasteiger charge is 1.89. The molecule has 1 nitrogen and oxygen atoms in total. The van der Waals surface area contributed by atoms with Crippen LogP contribution < -0.4 is 0 Å². The highest BCUT2D eigenvalue weighted by Crippen LogP contribution is 1.81. The molecule has 8 heavy (non-hydrogen) atoms. The van der Waals surface area contributed by atoms with E-state index in [0.29, 0.717) is 0 Å². The van der Waals surface area contributed by atoms with Crippen LogP contribution in [0.1, 0.15) is 20.8 Å². The minimum Gasteiger partial charge on any atom is -0.304 e. The average molecular weight is 125 g/mol. The fraction of sp³-hybridized carbons (Fsp3) is 1.00. The van der Waals surface area contributed by atoms with Crippen LogP contribution in [0.15, 0.2) is 0 Å². The van der Waals surface area contributed by atoms with Gasteiger partial charge in [0.05, 0.1) is 0 Å². The third-order valence-corrected chi connectivity index (χ3v) is 1.34. The highest BCUT2D eigenvalue weighted by atomic mass is 24.3. The minimum atomic E-state index is 0. The van der Waals surface area contributed by atoms with E-state index in [4.69, 9.17) is 0 Å². The Labute approximate surface area is 68.6 Å². The normalized spacial score (nSPS) is 9.00. The van der Waals surface area contributed by atoms with Crippen molar-refractivity contribution in [1.82, 2.24) is 4.90 Å². The van der Waals surface area contributed by atoms with Crippen molar-refractivity contribution < 1.29 is 0 Å². The van der Waals surface area contributed by atoms with Crippen LogP contribution in [0.2, 0.25) is 0 Å². The van der Waals surface area contributed by atoms with Gasteiger partial charge in [-0.15, -0.1) is 0 Å². The molecule has 0 heterocycles. The largest absolute Gasteiger partial charge is 0.304 e. The van der Waals surface area contributed by atoms with E-state index in [2.05, 4.69) is 25.7 Å². The Hall–Kier alpha value is 0.726. The molecule has 0 aliphatic heterocycles. The lowest BCUT2D eigenvalue weighted by molar-refractivity contribution is 0.321. The topological polar surface area (TPSA) is 3.24 Å². The molecule has 2 radical (unpaired) electrons. The summed E-state index contributed by atoms with van der Waals surface area (Å²) >= 11 is 0. The Balaban J connectivity index is 0. The van der Waals surface area contributed by atoms with Crippen LogP contribution in [0.3, 0.4) is 0 Å². The van der Waals surface area contributed by atoms with Crippen molar-refractivity contribution in [3.63, 3.8) is 0 Å². The van der Waals surface area contributed by atoms with Gasteiger partial charge in [-0.2, -0.15) is 0 Å². The van der Waals surface area contributed by atoms with E-state index in [1.54, 1.807) is 0 Å². The van der Waals surface area contributed by atoms with Gasteiger partial charge in [-0.1, -0.05) is 20.8 Å². The molecule has 0 spiro atoms. The van der Waals surface area contributed by atoms with Crippen molar-refractivity contribution in [2.24, 2.45) is 0 Å². The standard InChI is InChI=1S/C6H15N.Mg/c1-4-7(5-2)6-3;/h4-6H2,1-3H3;. The van der Waals surface area contributed by atoms with E-state index in [-0.39, 0.29) is 23.1 Å². The van der Waals surface area contributed by atoms with Gasteiger partial charge in [-0.05, 0) is 19.6 Å². The van der Waals surface area contributed by atoms with Crippen LogP contribution in [-0.2, 0) is 0 Å². The van der Waals surface area contributed by atoms with Crippen LogP contribution in [0.5, 0.6) is 0 Å². The molecule has 0 atom stereocenters. The molecular formula is C6H15MgN. The second-order valence-corrected chi connectivity index (χ2v) is 1.62. The zero-order valence-electron chi connectivity index (χ0n) is 6.28. The van der Waals surface area contributed by atoms with Crippen LogP contribution in [0, 0.1) is 0 Å². The molecular weight excluding hydrogens is 110 g/mol. The molecule has 0 aromatic rings. The van der Waals surface area contributed by atoms with E-state index in [9.17, 15) is 0 Å². The number of nitrogens with zero attached hydrogens (tertiary/aromatic N) is 1. The summed E-state index contributed by atoms with van der Waals surface area (Å²) in [6, 6.07) is 0. The molecule has 0 saturated carbocycles. The van der Waals surface area contributed by atoms with Crippen LogP contribution >= 0.6 is 0 Å². The molecule has 0 saturated heterocycles. The van der Waals surface area contributed by atoms with Gasteiger partial charge in [0.25, 0.3) is 0 Å². The average Bonchev–Trinajstić information content (AvgIpc) is 1.72. The number of rotatable bonds is 3. The third kappa shape index (κ3) is 4.87. The summed E-state index contributed by atoms with van der Waals surface area (Å²) in [5.74, 6) is 0. The molecule has 0 rings (SSSR count). The Morgan fingerprint density at radius 3 is 1.12 bits per heavy atom. The molecule has 0 fully saturated rings. The van der Waals surface area contributed by atoms with E-state index in [1.165, 1.54) is 19.6 Å². The summed E-state index contributed by atoms with van der Waals surface area (Å²) in [5, 5.41) is 0. The quantitative estimate of drug-likeness (QED) is 0.508. The second-order valence-electron chi connectivity index (χ2n) is 1.62. The van der Waals surface area contributed by atoms with Crippen LogP contribution in [0.4, 0.5) is 0 Å². The number of hydrogen-bond donors (Lipinski definition) is 0. The molecule has 0 aromatic carbocycles. The Morgan fingerprint density at radius 2 is 1.12 bits per heavy atom. The maximum absolute atomic E-state index is 2.38.